The molecule has 0 spiro atoms. The molecule has 15 heavy (non-hydrogen) atoms. The van der Waals surface area contributed by atoms with E-state index >= 15 is 0 Å². The summed E-state index contributed by atoms with van der Waals surface area (Å²) in [5.41, 5.74) is 0.596. The summed E-state index contributed by atoms with van der Waals surface area (Å²) in [6.45, 7) is 0. The lowest BCUT2D eigenvalue weighted by Crippen LogP contribution is -1.87. The highest BCUT2D eigenvalue weighted by Gasteiger charge is 2.08. The molecule has 0 fully saturated rings. The zero-order chi connectivity index (χ0) is 10.8. The van der Waals surface area contributed by atoms with Gasteiger partial charge in [-0.15, -0.1) is 0 Å². The van der Waals surface area contributed by atoms with Crippen LogP contribution in [0, 0.1) is 5.82 Å². The molecule has 0 amide bonds. The minimum absolute atomic E-state index is 0.257. The standard InChI is InChI=1S/C10H6BrFN2O/c11-6-1-2-8(9(12)3-6)10-13-4-7(5-15)14-10/h1-5H,(H,13,14). The Bertz CT molecular complexity index is 510. The van der Waals surface area contributed by atoms with Gasteiger partial charge in [-0.3, -0.25) is 4.79 Å². The Hall–Kier alpha value is -1.49. The molecule has 1 N–H and O–H groups in total. The maximum atomic E-state index is 13.5. The van der Waals surface area contributed by atoms with Gasteiger partial charge in [0.1, 0.15) is 17.3 Å². The van der Waals surface area contributed by atoms with Crippen LogP contribution in [0.15, 0.2) is 28.9 Å². The van der Waals surface area contributed by atoms with Crippen LogP contribution in [-0.2, 0) is 0 Å². The number of carbonyl (C=O) groups is 1. The molecule has 0 aliphatic rings. The van der Waals surface area contributed by atoms with Crippen LogP contribution in [0.3, 0.4) is 0 Å². The van der Waals surface area contributed by atoms with Crippen LogP contribution in [0.25, 0.3) is 11.4 Å². The Balaban J connectivity index is 2.49. The van der Waals surface area contributed by atoms with E-state index in [0.717, 1.165) is 0 Å². The third-order valence-corrected chi connectivity index (χ3v) is 2.40. The number of nitrogens with one attached hydrogen (secondary N) is 1. The summed E-state index contributed by atoms with van der Waals surface area (Å²) in [4.78, 5) is 17.1. The van der Waals surface area contributed by atoms with Crippen molar-refractivity contribution in [1.82, 2.24) is 9.97 Å². The zero-order valence-corrected chi connectivity index (χ0v) is 9.08. The molecule has 76 valence electrons. The smallest absolute Gasteiger partial charge is 0.170 e. The summed E-state index contributed by atoms with van der Waals surface area (Å²) in [5, 5.41) is 0. The number of imidazole rings is 1. The highest BCUT2D eigenvalue weighted by molar-refractivity contribution is 9.10. The van der Waals surface area contributed by atoms with Crippen molar-refractivity contribution in [2.45, 2.75) is 0 Å². The fraction of sp³-hybridized carbons (Fsp3) is 0. The van der Waals surface area contributed by atoms with Crippen LogP contribution >= 0.6 is 15.9 Å². The molecular weight excluding hydrogens is 263 g/mol. The van der Waals surface area contributed by atoms with Crippen LogP contribution in [0.2, 0.25) is 0 Å². The highest BCUT2D eigenvalue weighted by atomic mass is 79.9. The normalized spacial score (nSPS) is 10.3. The third-order valence-electron chi connectivity index (χ3n) is 1.90. The molecular formula is C10H6BrFN2O. The van der Waals surface area contributed by atoms with Gasteiger partial charge in [-0.05, 0) is 18.2 Å². The largest absolute Gasteiger partial charge is 0.344 e. The molecule has 0 unspecified atom stereocenters. The van der Waals surface area contributed by atoms with Crippen LogP contribution in [0.5, 0.6) is 0 Å². The van der Waals surface area contributed by atoms with Gasteiger partial charge in [-0.1, -0.05) is 15.9 Å². The number of hydrogen-bond donors (Lipinski definition) is 1. The molecule has 0 bridgehead atoms. The minimum Gasteiger partial charge on any atom is -0.344 e. The number of aromatic amines is 1. The monoisotopic (exact) mass is 268 g/mol. The van der Waals surface area contributed by atoms with Crippen molar-refractivity contribution in [3.8, 4) is 11.4 Å². The number of carbonyl (C=O) groups excluding carboxylic acids is 1. The van der Waals surface area contributed by atoms with E-state index in [0.29, 0.717) is 22.1 Å². The molecule has 5 heteroatoms. The molecule has 0 aliphatic carbocycles. The quantitative estimate of drug-likeness (QED) is 0.852. The van der Waals surface area contributed by atoms with Crippen LogP contribution in [-0.4, -0.2) is 16.3 Å². The summed E-state index contributed by atoms with van der Waals surface area (Å²) < 4.78 is 14.1. The molecule has 1 aromatic carbocycles. The van der Waals surface area contributed by atoms with E-state index < -0.39 is 5.82 Å². The average molecular weight is 269 g/mol. The predicted molar refractivity (Wildman–Crippen MR) is 57.1 cm³/mol. The van der Waals surface area contributed by atoms with Gasteiger partial charge in [0, 0.05) is 10.7 Å². The molecule has 3 nitrogen and oxygen atoms in total. The Labute approximate surface area is 93.5 Å². The van der Waals surface area contributed by atoms with Gasteiger partial charge in [-0.2, -0.15) is 0 Å². The second-order valence-corrected chi connectivity index (χ2v) is 3.83. The highest BCUT2D eigenvalue weighted by Crippen LogP contribution is 2.22. The number of H-pyrrole nitrogens is 1. The molecule has 0 saturated carbocycles. The van der Waals surface area contributed by atoms with Gasteiger partial charge in [0.2, 0.25) is 0 Å². The fourth-order valence-electron chi connectivity index (χ4n) is 1.22. The summed E-state index contributed by atoms with van der Waals surface area (Å²) in [7, 11) is 0. The summed E-state index contributed by atoms with van der Waals surface area (Å²) >= 11 is 3.16. The first-order chi connectivity index (χ1) is 7.20. The lowest BCUT2D eigenvalue weighted by Gasteiger charge is -1.99. The van der Waals surface area contributed by atoms with Gasteiger partial charge in [0.15, 0.2) is 6.29 Å². The predicted octanol–water partition coefficient (Wildman–Crippen LogP) is 2.79. The van der Waals surface area contributed by atoms with Crippen molar-refractivity contribution in [2.75, 3.05) is 0 Å². The van der Waals surface area contributed by atoms with Crippen molar-refractivity contribution in [3.63, 3.8) is 0 Å². The van der Waals surface area contributed by atoms with E-state index in [1.807, 2.05) is 0 Å². The lowest BCUT2D eigenvalue weighted by molar-refractivity contribution is 0.111. The lowest BCUT2D eigenvalue weighted by atomic mass is 10.2. The molecule has 0 saturated heterocycles. The van der Waals surface area contributed by atoms with Crippen molar-refractivity contribution >= 4 is 22.2 Å². The first kappa shape index (κ1) is 10.0. The summed E-state index contributed by atoms with van der Waals surface area (Å²) in [6.07, 6.45) is 2.04. The summed E-state index contributed by atoms with van der Waals surface area (Å²) in [6, 6.07) is 4.65. The molecule has 2 rings (SSSR count). The van der Waals surface area contributed by atoms with E-state index in [-0.39, 0.29) is 5.69 Å². The Morgan fingerprint density at radius 2 is 2.27 bits per heavy atom. The molecule has 1 heterocycles. The van der Waals surface area contributed by atoms with Gasteiger partial charge < -0.3 is 4.98 Å². The fourth-order valence-corrected chi connectivity index (χ4v) is 1.55. The number of aldehydes is 1. The SMILES string of the molecule is O=Cc1c[nH]c(-c2ccc(Br)cc2F)n1. The second kappa shape index (κ2) is 3.94. The van der Waals surface area contributed by atoms with E-state index in [2.05, 4.69) is 25.9 Å². The van der Waals surface area contributed by atoms with Crippen molar-refractivity contribution in [1.29, 1.82) is 0 Å². The van der Waals surface area contributed by atoms with Gasteiger partial charge in [-0.25, -0.2) is 9.37 Å². The third kappa shape index (κ3) is 1.97. The van der Waals surface area contributed by atoms with Gasteiger partial charge >= 0.3 is 0 Å². The minimum atomic E-state index is -0.392. The molecule has 0 radical (unpaired) electrons. The Morgan fingerprint density at radius 1 is 1.47 bits per heavy atom. The number of aromatic nitrogens is 2. The van der Waals surface area contributed by atoms with E-state index in [4.69, 9.17) is 0 Å². The zero-order valence-electron chi connectivity index (χ0n) is 7.50. The topological polar surface area (TPSA) is 45.8 Å². The van der Waals surface area contributed by atoms with Crippen LogP contribution in [0.1, 0.15) is 10.5 Å². The summed E-state index contributed by atoms with van der Waals surface area (Å²) in [5.74, 6) is -0.0433. The van der Waals surface area contributed by atoms with E-state index in [1.54, 1.807) is 12.1 Å². The van der Waals surface area contributed by atoms with E-state index in [9.17, 15) is 9.18 Å². The number of rotatable bonds is 2. The van der Waals surface area contributed by atoms with Crippen molar-refractivity contribution in [3.05, 3.63) is 40.4 Å². The number of hydrogen-bond acceptors (Lipinski definition) is 2. The van der Waals surface area contributed by atoms with E-state index in [1.165, 1.54) is 12.3 Å². The second-order valence-electron chi connectivity index (χ2n) is 2.92. The van der Waals surface area contributed by atoms with Gasteiger partial charge in [0.05, 0.1) is 5.56 Å². The molecule has 0 aliphatic heterocycles. The molecule has 0 atom stereocenters. The first-order valence-corrected chi connectivity index (χ1v) is 4.96. The van der Waals surface area contributed by atoms with Crippen molar-refractivity contribution in [2.24, 2.45) is 0 Å². The number of halogens is 2. The Kier molecular flexibility index (Phi) is 2.64. The van der Waals surface area contributed by atoms with Gasteiger partial charge in [0.25, 0.3) is 0 Å². The van der Waals surface area contributed by atoms with Crippen molar-refractivity contribution < 1.29 is 9.18 Å². The molecule has 1 aromatic heterocycles. The Morgan fingerprint density at radius 3 is 2.87 bits per heavy atom. The van der Waals surface area contributed by atoms with Crippen LogP contribution < -0.4 is 0 Å². The number of benzene rings is 1. The molecule has 2 aromatic rings. The average Bonchev–Trinajstić information content (AvgIpc) is 2.66. The first-order valence-electron chi connectivity index (χ1n) is 4.16. The maximum Gasteiger partial charge on any atom is 0.170 e. The van der Waals surface area contributed by atoms with Crippen LogP contribution in [0.4, 0.5) is 4.39 Å². The maximum absolute atomic E-state index is 13.5. The number of nitrogens with zero attached hydrogens (tertiary/aromatic N) is 1.